The van der Waals surface area contributed by atoms with Crippen LogP contribution in [-0.2, 0) is 16.6 Å². The molecule has 3 fully saturated rings. The van der Waals surface area contributed by atoms with E-state index in [1.54, 1.807) is 4.68 Å². The van der Waals surface area contributed by atoms with Gasteiger partial charge in [0.15, 0.2) is 5.69 Å². The summed E-state index contributed by atoms with van der Waals surface area (Å²) in [5.74, 6) is 0.346. The first-order valence-corrected chi connectivity index (χ1v) is 11.7. The molecule has 1 aliphatic carbocycles. The van der Waals surface area contributed by atoms with Gasteiger partial charge >= 0.3 is 0 Å². The number of carbonyl (C=O) groups excluding carboxylic acids is 2. The van der Waals surface area contributed by atoms with Gasteiger partial charge in [-0.05, 0) is 58.4 Å². The average molecular weight is 432 g/mol. The highest BCUT2D eigenvalue weighted by molar-refractivity contribution is 5.93. The first-order valence-electron chi connectivity index (χ1n) is 11.7. The van der Waals surface area contributed by atoms with Crippen LogP contribution in [0.4, 0.5) is 0 Å². The Balaban J connectivity index is 1.54. The van der Waals surface area contributed by atoms with Gasteiger partial charge < -0.3 is 15.0 Å². The van der Waals surface area contributed by atoms with Gasteiger partial charge in [-0.15, -0.1) is 0 Å². The van der Waals surface area contributed by atoms with Crippen LogP contribution in [0.15, 0.2) is 6.07 Å². The minimum absolute atomic E-state index is 0.0609. The Morgan fingerprint density at radius 3 is 2.61 bits per heavy atom. The van der Waals surface area contributed by atoms with Gasteiger partial charge in [0, 0.05) is 51.0 Å². The second-order valence-electron chi connectivity index (χ2n) is 9.87. The second-order valence-corrected chi connectivity index (χ2v) is 9.87. The third-order valence-electron chi connectivity index (χ3n) is 7.54. The lowest BCUT2D eigenvalue weighted by molar-refractivity contribution is -0.144. The lowest BCUT2D eigenvalue weighted by Gasteiger charge is -2.53. The normalized spacial score (nSPS) is 29.6. The number of nitrogens with one attached hydrogen (secondary N) is 1. The number of amides is 2. The molecule has 0 unspecified atom stereocenters. The van der Waals surface area contributed by atoms with Gasteiger partial charge in [0.2, 0.25) is 5.91 Å². The number of hydrogen-bond acceptors (Lipinski definition) is 5. The maximum atomic E-state index is 13.5. The second kappa shape index (κ2) is 8.90. The number of nitrogens with zero attached hydrogens (tertiary/aromatic N) is 4. The Morgan fingerprint density at radius 1 is 1.23 bits per heavy atom. The van der Waals surface area contributed by atoms with Crippen molar-refractivity contribution in [3.05, 3.63) is 17.5 Å². The Kier molecular flexibility index (Phi) is 6.40. The molecule has 0 radical (unpaired) electrons. The van der Waals surface area contributed by atoms with Crippen molar-refractivity contribution in [2.75, 3.05) is 39.4 Å². The van der Waals surface area contributed by atoms with Gasteiger partial charge in [0.05, 0.1) is 18.6 Å². The topological polar surface area (TPSA) is 79.7 Å². The van der Waals surface area contributed by atoms with Gasteiger partial charge in [0.1, 0.15) is 0 Å². The van der Waals surface area contributed by atoms with Crippen molar-refractivity contribution in [1.82, 2.24) is 24.9 Å². The number of aromatic nitrogens is 2. The fourth-order valence-corrected chi connectivity index (χ4v) is 5.69. The van der Waals surface area contributed by atoms with Gasteiger partial charge in [0.25, 0.3) is 5.91 Å². The summed E-state index contributed by atoms with van der Waals surface area (Å²) in [6.07, 6.45) is 3.70. The van der Waals surface area contributed by atoms with Crippen LogP contribution < -0.4 is 5.32 Å². The van der Waals surface area contributed by atoms with Crippen LogP contribution in [-0.4, -0.2) is 82.9 Å². The average Bonchev–Trinajstić information content (AvgIpc) is 3.10. The number of fused-ring (bicyclic) bond motifs is 1. The van der Waals surface area contributed by atoms with Crippen LogP contribution in [0, 0.1) is 18.3 Å². The molecule has 3 atom stereocenters. The minimum Gasteiger partial charge on any atom is -0.379 e. The van der Waals surface area contributed by atoms with Gasteiger partial charge in [-0.1, -0.05) is 0 Å². The van der Waals surface area contributed by atoms with Gasteiger partial charge in [-0.25, -0.2) is 0 Å². The molecule has 1 aromatic rings. The van der Waals surface area contributed by atoms with Crippen LogP contribution in [0.2, 0.25) is 0 Å². The zero-order chi connectivity index (χ0) is 22.2. The summed E-state index contributed by atoms with van der Waals surface area (Å²) < 4.78 is 7.26. The molecular formula is C23H37N5O3. The molecule has 1 aromatic heterocycles. The first-order chi connectivity index (χ1) is 14.8. The molecule has 8 heteroatoms. The number of aryl methyl sites for hydroxylation is 2. The predicted molar refractivity (Wildman–Crippen MR) is 118 cm³/mol. The van der Waals surface area contributed by atoms with Crippen LogP contribution in [0.1, 0.15) is 55.7 Å². The number of ether oxygens (including phenoxy) is 1. The molecule has 4 rings (SSSR count). The van der Waals surface area contributed by atoms with E-state index >= 15 is 0 Å². The van der Waals surface area contributed by atoms with Gasteiger partial charge in [-0.2, -0.15) is 5.10 Å². The van der Waals surface area contributed by atoms with Crippen molar-refractivity contribution in [1.29, 1.82) is 0 Å². The highest BCUT2D eigenvalue weighted by atomic mass is 16.5. The van der Waals surface area contributed by atoms with Gasteiger partial charge in [-0.3, -0.25) is 19.2 Å². The number of rotatable bonds is 4. The van der Waals surface area contributed by atoms with E-state index in [1.165, 1.54) is 0 Å². The largest absolute Gasteiger partial charge is 0.379 e. The van der Waals surface area contributed by atoms with Crippen molar-refractivity contribution < 1.29 is 14.3 Å². The fraction of sp³-hybridized carbons (Fsp3) is 0.783. The summed E-state index contributed by atoms with van der Waals surface area (Å²) in [5, 5.41) is 7.56. The Hall–Kier alpha value is -1.93. The molecule has 3 aliphatic rings. The monoisotopic (exact) mass is 431 g/mol. The van der Waals surface area contributed by atoms with Crippen molar-refractivity contribution in [2.24, 2.45) is 18.4 Å². The molecule has 8 nitrogen and oxygen atoms in total. The third-order valence-corrected chi connectivity index (χ3v) is 7.54. The molecule has 31 heavy (non-hydrogen) atoms. The maximum Gasteiger partial charge on any atom is 0.274 e. The smallest absolute Gasteiger partial charge is 0.274 e. The first kappa shape index (κ1) is 22.3. The van der Waals surface area contributed by atoms with Crippen LogP contribution in [0.3, 0.4) is 0 Å². The zero-order valence-corrected chi connectivity index (χ0v) is 19.4. The van der Waals surface area contributed by atoms with E-state index in [0.717, 1.165) is 57.7 Å². The quantitative estimate of drug-likeness (QED) is 0.783. The Bertz CT molecular complexity index is 797. The zero-order valence-electron chi connectivity index (χ0n) is 19.4. The van der Waals surface area contributed by atoms with E-state index in [1.807, 2.05) is 38.8 Å². The van der Waals surface area contributed by atoms with Crippen LogP contribution in [0.25, 0.3) is 0 Å². The molecular weight excluding hydrogens is 394 g/mol. The standard InChI is InChI=1S/C23H37N5O3/c1-16(2)24-22(30)23-7-5-19(27-9-11-31-12-10-27)14-18(23)6-8-28(15-23)21(29)20-13-17(3)26(4)25-20/h13,16,18-19H,5-12,14-15H2,1-4H3,(H,24,30)/t18-,19+,23-/m1/s1. The maximum absolute atomic E-state index is 13.5. The number of hydrogen-bond donors (Lipinski definition) is 1. The van der Waals surface area contributed by atoms with Crippen molar-refractivity contribution in [3.8, 4) is 0 Å². The summed E-state index contributed by atoms with van der Waals surface area (Å²) in [6, 6.07) is 2.43. The molecule has 1 N–H and O–H groups in total. The van der Waals surface area contributed by atoms with E-state index in [9.17, 15) is 9.59 Å². The minimum atomic E-state index is -0.509. The summed E-state index contributed by atoms with van der Waals surface area (Å²) in [7, 11) is 1.85. The molecule has 2 amide bonds. The van der Waals surface area contributed by atoms with E-state index in [-0.39, 0.29) is 17.9 Å². The number of likely N-dealkylation sites (tertiary alicyclic amines) is 1. The molecule has 1 saturated carbocycles. The molecule has 0 bridgehead atoms. The lowest BCUT2D eigenvalue weighted by Crippen LogP contribution is -2.62. The van der Waals surface area contributed by atoms with Crippen molar-refractivity contribution in [2.45, 2.75) is 58.5 Å². The van der Waals surface area contributed by atoms with Crippen molar-refractivity contribution >= 4 is 11.8 Å². The van der Waals surface area contributed by atoms with E-state index in [0.29, 0.717) is 30.7 Å². The molecule has 0 spiro atoms. The molecule has 2 saturated heterocycles. The summed E-state index contributed by atoms with van der Waals surface area (Å²) in [5.41, 5.74) is 0.918. The summed E-state index contributed by atoms with van der Waals surface area (Å²) in [4.78, 5) is 31.2. The van der Waals surface area contributed by atoms with E-state index in [2.05, 4.69) is 15.3 Å². The number of carbonyl (C=O) groups is 2. The molecule has 2 aliphatic heterocycles. The van der Waals surface area contributed by atoms with E-state index in [4.69, 9.17) is 4.74 Å². The highest BCUT2D eigenvalue weighted by Gasteiger charge is 2.53. The predicted octanol–water partition coefficient (Wildman–Crippen LogP) is 1.59. The summed E-state index contributed by atoms with van der Waals surface area (Å²) >= 11 is 0. The third kappa shape index (κ3) is 4.37. The van der Waals surface area contributed by atoms with Crippen LogP contribution in [0.5, 0.6) is 0 Å². The summed E-state index contributed by atoms with van der Waals surface area (Å²) in [6.45, 7) is 10.7. The highest BCUT2D eigenvalue weighted by Crippen LogP contribution is 2.48. The number of morpholine rings is 1. The lowest BCUT2D eigenvalue weighted by atomic mass is 9.60. The molecule has 3 heterocycles. The fourth-order valence-electron chi connectivity index (χ4n) is 5.69. The van der Waals surface area contributed by atoms with Crippen molar-refractivity contribution in [3.63, 3.8) is 0 Å². The Labute approximate surface area is 185 Å². The Morgan fingerprint density at radius 2 is 1.97 bits per heavy atom. The molecule has 0 aromatic carbocycles. The van der Waals surface area contributed by atoms with Crippen LogP contribution >= 0.6 is 0 Å². The van der Waals surface area contributed by atoms with E-state index < -0.39 is 5.41 Å². The molecule has 172 valence electrons. The SMILES string of the molecule is Cc1cc(C(=O)N2CC[C@@H]3C[C@@H](N4CCOCC4)CC[C@@]3(C(=O)NC(C)C)C2)nn1C. The number of piperidine rings is 1.